The fourth-order valence-corrected chi connectivity index (χ4v) is 2.81. The molecule has 1 N–H and O–H groups in total. The van der Waals surface area contributed by atoms with Gasteiger partial charge in [0.05, 0.1) is 4.47 Å². The Bertz CT molecular complexity index is 401. The van der Waals surface area contributed by atoms with Crippen molar-refractivity contribution in [2.45, 2.75) is 51.7 Å². The lowest BCUT2D eigenvalue weighted by Gasteiger charge is -2.39. The predicted octanol–water partition coefficient (Wildman–Crippen LogP) is 3.86. The smallest absolute Gasteiger partial charge is 0.137 e. The number of rotatable bonds is 3. The first kappa shape index (κ1) is 14.0. The summed E-state index contributed by atoms with van der Waals surface area (Å²) in [6, 6.07) is 6.38. The molecule has 1 aliphatic heterocycles. The second kappa shape index (κ2) is 6.13. The summed E-state index contributed by atoms with van der Waals surface area (Å²) in [5.74, 6) is -0.200. The zero-order valence-electron chi connectivity index (χ0n) is 10.9. The number of hydrazine groups is 1. The van der Waals surface area contributed by atoms with E-state index in [0.717, 1.165) is 5.56 Å². The van der Waals surface area contributed by atoms with Crippen molar-refractivity contribution < 1.29 is 4.39 Å². The third kappa shape index (κ3) is 3.31. The van der Waals surface area contributed by atoms with Crippen molar-refractivity contribution in [3.05, 3.63) is 34.1 Å². The van der Waals surface area contributed by atoms with Crippen LogP contribution in [-0.2, 0) is 6.54 Å². The number of nitrogens with one attached hydrogen (secondary N) is 1. The maximum Gasteiger partial charge on any atom is 0.137 e. The average Bonchev–Trinajstić information content (AvgIpc) is 2.33. The topological polar surface area (TPSA) is 15.3 Å². The van der Waals surface area contributed by atoms with Crippen molar-refractivity contribution in [2.75, 3.05) is 0 Å². The molecule has 0 saturated carbocycles. The molecule has 1 aliphatic rings. The van der Waals surface area contributed by atoms with Gasteiger partial charge in [-0.3, -0.25) is 5.43 Å². The van der Waals surface area contributed by atoms with Crippen LogP contribution in [0.5, 0.6) is 0 Å². The standard InChI is InChI=1S/C14H20BrFN2/c1-10-4-3-5-11(2)18(10)17-9-12-6-7-13(15)14(16)8-12/h6-8,10-11,17H,3-5,9H2,1-2H3. The maximum absolute atomic E-state index is 13.4. The van der Waals surface area contributed by atoms with Gasteiger partial charge in [0.15, 0.2) is 0 Å². The molecule has 1 aromatic rings. The van der Waals surface area contributed by atoms with Gasteiger partial charge in [-0.2, -0.15) is 0 Å². The summed E-state index contributed by atoms with van der Waals surface area (Å²) < 4.78 is 13.9. The third-order valence-corrected chi connectivity index (χ3v) is 4.29. The van der Waals surface area contributed by atoms with Crippen LogP contribution in [0.15, 0.2) is 22.7 Å². The van der Waals surface area contributed by atoms with E-state index in [1.54, 1.807) is 12.1 Å². The van der Waals surface area contributed by atoms with E-state index in [0.29, 0.717) is 23.1 Å². The highest BCUT2D eigenvalue weighted by Gasteiger charge is 2.24. The van der Waals surface area contributed by atoms with Gasteiger partial charge in [0.25, 0.3) is 0 Å². The molecule has 1 fully saturated rings. The summed E-state index contributed by atoms with van der Waals surface area (Å²) in [6.07, 6.45) is 3.76. The molecule has 0 bridgehead atoms. The molecule has 0 spiro atoms. The Morgan fingerprint density at radius 3 is 2.61 bits per heavy atom. The van der Waals surface area contributed by atoms with E-state index in [-0.39, 0.29) is 5.82 Å². The van der Waals surface area contributed by atoms with Gasteiger partial charge in [0, 0.05) is 18.6 Å². The molecule has 1 aromatic carbocycles. The zero-order valence-corrected chi connectivity index (χ0v) is 12.5. The van der Waals surface area contributed by atoms with Crippen LogP contribution < -0.4 is 5.43 Å². The van der Waals surface area contributed by atoms with Gasteiger partial charge < -0.3 is 0 Å². The second-order valence-electron chi connectivity index (χ2n) is 5.12. The van der Waals surface area contributed by atoms with Crippen LogP contribution in [0.4, 0.5) is 4.39 Å². The molecule has 0 amide bonds. The Kier molecular flexibility index (Phi) is 4.76. The van der Waals surface area contributed by atoms with Crippen molar-refractivity contribution in [1.29, 1.82) is 0 Å². The summed E-state index contributed by atoms with van der Waals surface area (Å²) in [5, 5.41) is 2.31. The van der Waals surface area contributed by atoms with Crippen molar-refractivity contribution in [3.63, 3.8) is 0 Å². The fourth-order valence-electron chi connectivity index (χ4n) is 2.57. The van der Waals surface area contributed by atoms with Gasteiger partial charge in [-0.25, -0.2) is 9.40 Å². The van der Waals surface area contributed by atoms with Crippen LogP contribution in [0.1, 0.15) is 38.7 Å². The number of hydrogen-bond acceptors (Lipinski definition) is 2. The molecule has 4 heteroatoms. The first-order chi connectivity index (χ1) is 8.58. The molecule has 0 aromatic heterocycles. The monoisotopic (exact) mass is 314 g/mol. The van der Waals surface area contributed by atoms with E-state index < -0.39 is 0 Å². The van der Waals surface area contributed by atoms with E-state index in [1.165, 1.54) is 19.3 Å². The number of nitrogens with zero attached hydrogens (tertiary/aromatic N) is 1. The molecule has 2 rings (SSSR count). The number of piperidine rings is 1. The van der Waals surface area contributed by atoms with Crippen molar-refractivity contribution in [3.8, 4) is 0 Å². The van der Waals surface area contributed by atoms with Crippen molar-refractivity contribution in [1.82, 2.24) is 10.4 Å². The van der Waals surface area contributed by atoms with E-state index in [4.69, 9.17) is 0 Å². The lowest BCUT2D eigenvalue weighted by molar-refractivity contribution is 0.0435. The number of halogens is 2. The minimum Gasteiger partial charge on any atom is -0.250 e. The molecule has 2 atom stereocenters. The molecule has 18 heavy (non-hydrogen) atoms. The van der Waals surface area contributed by atoms with Gasteiger partial charge in [0.2, 0.25) is 0 Å². The van der Waals surface area contributed by atoms with Gasteiger partial charge in [0.1, 0.15) is 5.82 Å². The Hall–Kier alpha value is -0.450. The van der Waals surface area contributed by atoms with Gasteiger partial charge in [-0.15, -0.1) is 0 Å². The van der Waals surface area contributed by atoms with E-state index in [9.17, 15) is 4.39 Å². The Morgan fingerprint density at radius 1 is 1.33 bits per heavy atom. The van der Waals surface area contributed by atoms with Crippen molar-refractivity contribution >= 4 is 15.9 Å². The quantitative estimate of drug-likeness (QED) is 0.911. The number of hydrogen-bond donors (Lipinski definition) is 1. The van der Waals surface area contributed by atoms with E-state index in [1.807, 2.05) is 6.07 Å². The normalized spacial score (nSPS) is 25.3. The zero-order chi connectivity index (χ0) is 13.1. The predicted molar refractivity (Wildman–Crippen MR) is 75.6 cm³/mol. The highest BCUT2D eigenvalue weighted by atomic mass is 79.9. The van der Waals surface area contributed by atoms with E-state index in [2.05, 4.69) is 40.2 Å². The molecule has 1 heterocycles. The fraction of sp³-hybridized carbons (Fsp3) is 0.571. The van der Waals surface area contributed by atoms with Crippen LogP contribution >= 0.6 is 15.9 Å². The summed E-state index contributed by atoms with van der Waals surface area (Å²) in [7, 11) is 0. The van der Waals surface area contributed by atoms with Gasteiger partial charge >= 0.3 is 0 Å². The highest BCUT2D eigenvalue weighted by molar-refractivity contribution is 9.10. The Balaban J connectivity index is 1.95. The second-order valence-corrected chi connectivity index (χ2v) is 5.97. The third-order valence-electron chi connectivity index (χ3n) is 3.64. The van der Waals surface area contributed by atoms with Crippen molar-refractivity contribution in [2.24, 2.45) is 0 Å². The Morgan fingerprint density at radius 2 is 2.00 bits per heavy atom. The molecular formula is C14H20BrFN2. The minimum absolute atomic E-state index is 0.200. The molecule has 1 saturated heterocycles. The molecule has 0 radical (unpaired) electrons. The molecule has 2 unspecified atom stereocenters. The first-order valence-electron chi connectivity index (χ1n) is 6.53. The first-order valence-corrected chi connectivity index (χ1v) is 7.33. The van der Waals surface area contributed by atoms with Crippen LogP contribution in [0.3, 0.4) is 0 Å². The van der Waals surface area contributed by atoms with Crippen LogP contribution in [0.2, 0.25) is 0 Å². The van der Waals surface area contributed by atoms with Crippen LogP contribution in [-0.4, -0.2) is 17.1 Å². The van der Waals surface area contributed by atoms with Gasteiger partial charge in [-0.05, 0) is 60.3 Å². The van der Waals surface area contributed by atoms with Crippen LogP contribution in [0.25, 0.3) is 0 Å². The SMILES string of the molecule is CC1CCCC(C)N1NCc1ccc(Br)c(F)c1. The van der Waals surface area contributed by atoms with E-state index >= 15 is 0 Å². The number of benzene rings is 1. The lowest BCUT2D eigenvalue weighted by atomic mass is 10.00. The Labute approximate surface area is 117 Å². The van der Waals surface area contributed by atoms with Gasteiger partial charge in [-0.1, -0.05) is 12.5 Å². The molecule has 0 aliphatic carbocycles. The largest absolute Gasteiger partial charge is 0.250 e. The average molecular weight is 315 g/mol. The summed E-state index contributed by atoms with van der Waals surface area (Å²) in [6.45, 7) is 5.16. The maximum atomic E-state index is 13.4. The minimum atomic E-state index is -0.200. The summed E-state index contributed by atoms with van der Waals surface area (Å²) in [5.41, 5.74) is 4.41. The summed E-state index contributed by atoms with van der Waals surface area (Å²) >= 11 is 3.17. The van der Waals surface area contributed by atoms with Crippen LogP contribution in [0, 0.1) is 5.82 Å². The molecule has 100 valence electrons. The highest BCUT2D eigenvalue weighted by Crippen LogP contribution is 2.21. The molecular weight excluding hydrogens is 295 g/mol. The summed E-state index contributed by atoms with van der Waals surface area (Å²) in [4.78, 5) is 0. The molecule has 2 nitrogen and oxygen atoms in total. The lowest BCUT2D eigenvalue weighted by Crippen LogP contribution is -2.51.